The number of hydrogen-bond acceptors (Lipinski definition) is 5. The first kappa shape index (κ1) is 13.7. The molecule has 1 aliphatic rings. The summed E-state index contributed by atoms with van der Waals surface area (Å²) in [6, 6.07) is 12.2. The van der Waals surface area contributed by atoms with Crippen molar-refractivity contribution in [2.45, 2.75) is 6.04 Å². The van der Waals surface area contributed by atoms with Crippen molar-refractivity contribution in [3.8, 4) is 0 Å². The molecule has 7 heteroatoms. The third-order valence-corrected chi connectivity index (χ3v) is 3.18. The van der Waals surface area contributed by atoms with E-state index in [-0.39, 0.29) is 5.96 Å². The Morgan fingerprint density at radius 2 is 2.00 bits per heavy atom. The molecule has 7 nitrogen and oxygen atoms in total. The maximum absolute atomic E-state index is 11.5. The van der Waals surface area contributed by atoms with Crippen LogP contribution in [0.15, 0.2) is 72.1 Å². The predicted molar refractivity (Wildman–Crippen MR) is 82.5 cm³/mol. The van der Waals surface area contributed by atoms with Gasteiger partial charge < -0.3 is 5.32 Å². The Labute approximate surface area is 126 Å². The highest BCUT2D eigenvalue weighted by Crippen LogP contribution is 2.25. The minimum atomic E-state index is -0.563. The van der Waals surface area contributed by atoms with Gasteiger partial charge in [-0.2, -0.15) is 0 Å². The average Bonchev–Trinajstić information content (AvgIpc) is 2.56. The zero-order chi connectivity index (χ0) is 15.4. The number of nitrogens with one attached hydrogen (secondary N) is 1. The molecule has 2 aromatic rings. The Kier molecular flexibility index (Phi) is 3.78. The zero-order valence-electron chi connectivity index (χ0n) is 11.5. The van der Waals surface area contributed by atoms with Crippen LogP contribution in [-0.2, 0) is 0 Å². The molecule has 1 atom stereocenters. The van der Waals surface area contributed by atoms with Gasteiger partial charge in [-0.1, -0.05) is 24.3 Å². The van der Waals surface area contributed by atoms with Crippen molar-refractivity contribution >= 4 is 11.6 Å². The third kappa shape index (κ3) is 2.78. The second-order valence-corrected chi connectivity index (χ2v) is 4.60. The summed E-state index contributed by atoms with van der Waals surface area (Å²) in [5.41, 5.74) is 1.45. The molecular weight excluding hydrogens is 282 g/mol. The number of aliphatic imine (C=N–C) groups is 1. The normalized spacial score (nSPS) is 17.0. The van der Waals surface area contributed by atoms with E-state index in [1.807, 2.05) is 30.3 Å². The number of benzene rings is 1. The molecule has 0 aliphatic carbocycles. The summed E-state index contributed by atoms with van der Waals surface area (Å²) in [5, 5.41) is 15.0. The van der Waals surface area contributed by atoms with Gasteiger partial charge in [0, 0.05) is 29.8 Å². The lowest BCUT2D eigenvalue weighted by Gasteiger charge is -2.25. The number of aromatic nitrogens is 1. The number of guanidine groups is 1. The molecule has 2 heterocycles. The topological polar surface area (TPSA) is 83.7 Å². The van der Waals surface area contributed by atoms with Crippen LogP contribution in [0.25, 0.3) is 0 Å². The van der Waals surface area contributed by atoms with E-state index in [9.17, 15) is 10.1 Å². The number of rotatable bonds is 3. The molecule has 1 N–H and O–H groups in total. The Hall–Kier alpha value is -3.22. The highest BCUT2D eigenvalue weighted by atomic mass is 16.7. The van der Waals surface area contributed by atoms with Crippen LogP contribution in [-0.4, -0.2) is 21.0 Å². The van der Waals surface area contributed by atoms with E-state index in [0.717, 1.165) is 16.3 Å². The molecule has 0 spiro atoms. The first-order valence-corrected chi connectivity index (χ1v) is 6.66. The Balaban J connectivity index is 1.91. The van der Waals surface area contributed by atoms with Gasteiger partial charge in [0.05, 0.1) is 0 Å². The van der Waals surface area contributed by atoms with E-state index in [0.29, 0.717) is 0 Å². The van der Waals surface area contributed by atoms with E-state index in [1.165, 1.54) is 0 Å². The average molecular weight is 295 g/mol. The summed E-state index contributed by atoms with van der Waals surface area (Å²) in [5.74, 6) is 0.160. The van der Waals surface area contributed by atoms with Crippen LogP contribution in [0.5, 0.6) is 0 Å². The predicted octanol–water partition coefficient (Wildman–Crippen LogP) is 2.61. The summed E-state index contributed by atoms with van der Waals surface area (Å²) in [4.78, 5) is 19.6. The minimum absolute atomic E-state index is 0.160. The van der Waals surface area contributed by atoms with Crippen LogP contribution >= 0.6 is 0 Å². The van der Waals surface area contributed by atoms with Gasteiger partial charge in [0.15, 0.2) is 5.03 Å². The van der Waals surface area contributed by atoms with Crippen molar-refractivity contribution in [3.05, 3.63) is 82.8 Å². The molecule has 3 rings (SSSR count). The van der Waals surface area contributed by atoms with E-state index in [2.05, 4.69) is 15.3 Å². The standard InChI is InChI=1S/C15H13N5O2/c21-20(22)19-14(12-5-4-9-16-11-12)8-10-17-15(19)18-13-6-2-1-3-7-13/h1-11,14H,(H,17,18). The van der Waals surface area contributed by atoms with Crippen LogP contribution in [0, 0.1) is 10.1 Å². The molecule has 0 saturated carbocycles. The van der Waals surface area contributed by atoms with Gasteiger partial charge in [0.25, 0.3) is 5.96 Å². The number of anilines is 1. The van der Waals surface area contributed by atoms with Gasteiger partial charge in [0.1, 0.15) is 6.04 Å². The molecule has 0 radical (unpaired) electrons. The van der Waals surface area contributed by atoms with Crippen molar-refractivity contribution < 1.29 is 5.03 Å². The van der Waals surface area contributed by atoms with Crippen molar-refractivity contribution in [2.75, 3.05) is 5.32 Å². The molecule has 0 fully saturated rings. The first-order valence-electron chi connectivity index (χ1n) is 6.66. The Morgan fingerprint density at radius 1 is 1.18 bits per heavy atom. The van der Waals surface area contributed by atoms with Gasteiger partial charge in [-0.15, -0.1) is 0 Å². The van der Waals surface area contributed by atoms with Crippen molar-refractivity contribution in [1.29, 1.82) is 0 Å². The lowest BCUT2D eigenvalue weighted by atomic mass is 10.1. The summed E-state index contributed by atoms with van der Waals surface area (Å²) in [6.45, 7) is 0. The van der Waals surface area contributed by atoms with Crippen molar-refractivity contribution in [1.82, 2.24) is 9.99 Å². The molecule has 1 aliphatic heterocycles. The number of nitro groups is 1. The van der Waals surface area contributed by atoms with Crippen molar-refractivity contribution in [3.63, 3.8) is 0 Å². The summed E-state index contributed by atoms with van der Waals surface area (Å²) in [7, 11) is 0. The number of hydrogen-bond donors (Lipinski definition) is 1. The maximum Gasteiger partial charge on any atom is 0.267 e. The molecule has 110 valence electrons. The lowest BCUT2D eigenvalue weighted by Crippen LogP contribution is -2.44. The quantitative estimate of drug-likeness (QED) is 0.695. The molecule has 0 bridgehead atoms. The van der Waals surface area contributed by atoms with E-state index in [4.69, 9.17) is 0 Å². The molecule has 0 saturated heterocycles. The number of pyridine rings is 1. The molecule has 1 unspecified atom stereocenters. The fourth-order valence-corrected chi connectivity index (χ4v) is 2.19. The molecule has 0 amide bonds. The SMILES string of the molecule is O=[N+]([O-])N1C(Nc2ccccc2)=NC=CC1c1cccnc1. The Morgan fingerprint density at radius 3 is 2.68 bits per heavy atom. The van der Waals surface area contributed by atoms with Crippen molar-refractivity contribution in [2.24, 2.45) is 4.99 Å². The fourth-order valence-electron chi connectivity index (χ4n) is 2.19. The van der Waals surface area contributed by atoms with Gasteiger partial charge in [-0.05, 0) is 29.3 Å². The number of nitrogens with zero attached hydrogens (tertiary/aromatic N) is 4. The monoisotopic (exact) mass is 295 g/mol. The van der Waals surface area contributed by atoms with Crippen LogP contribution < -0.4 is 5.32 Å². The summed E-state index contributed by atoms with van der Waals surface area (Å²) in [6.07, 6.45) is 6.46. The lowest BCUT2D eigenvalue weighted by molar-refractivity contribution is -0.637. The van der Waals surface area contributed by atoms with Crippen LogP contribution in [0.2, 0.25) is 0 Å². The maximum atomic E-state index is 11.5. The summed E-state index contributed by atoms with van der Waals surface area (Å²) < 4.78 is 0. The van der Waals surface area contributed by atoms with Crippen LogP contribution in [0.4, 0.5) is 5.69 Å². The molecule has 22 heavy (non-hydrogen) atoms. The van der Waals surface area contributed by atoms with Gasteiger partial charge in [-0.3, -0.25) is 4.98 Å². The van der Waals surface area contributed by atoms with Gasteiger partial charge in [0.2, 0.25) is 0 Å². The fraction of sp³-hybridized carbons (Fsp3) is 0.0667. The highest BCUT2D eigenvalue weighted by molar-refractivity contribution is 5.94. The van der Waals surface area contributed by atoms with Gasteiger partial charge >= 0.3 is 0 Å². The number of hydrazine groups is 1. The van der Waals surface area contributed by atoms with E-state index >= 15 is 0 Å². The number of para-hydroxylation sites is 1. The minimum Gasteiger partial charge on any atom is -0.321 e. The van der Waals surface area contributed by atoms with Gasteiger partial charge in [-0.25, -0.2) is 15.1 Å². The zero-order valence-corrected chi connectivity index (χ0v) is 11.5. The second kappa shape index (κ2) is 6.04. The third-order valence-electron chi connectivity index (χ3n) is 3.18. The highest BCUT2D eigenvalue weighted by Gasteiger charge is 2.33. The molecule has 1 aromatic heterocycles. The second-order valence-electron chi connectivity index (χ2n) is 4.60. The van der Waals surface area contributed by atoms with Crippen LogP contribution in [0.3, 0.4) is 0 Å². The molecular formula is C15H13N5O2. The van der Waals surface area contributed by atoms with E-state index < -0.39 is 11.1 Å². The molecule has 1 aromatic carbocycles. The summed E-state index contributed by atoms with van der Waals surface area (Å²) >= 11 is 0. The smallest absolute Gasteiger partial charge is 0.267 e. The first-order chi connectivity index (χ1) is 10.8. The van der Waals surface area contributed by atoms with Crippen LogP contribution in [0.1, 0.15) is 11.6 Å². The largest absolute Gasteiger partial charge is 0.321 e. The van der Waals surface area contributed by atoms with E-state index in [1.54, 1.807) is 36.8 Å². The Bertz CT molecular complexity index is 715.